The van der Waals surface area contributed by atoms with Crippen LogP contribution < -0.4 is 15.2 Å². The van der Waals surface area contributed by atoms with Crippen LogP contribution in [0.15, 0.2) is 36.4 Å². The van der Waals surface area contributed by atoms with Crippen LogP contribution in [0.4, 0.5) is 5.00 Å². The lowest BCUT2D eigenvalue weighted by molar-refractivity contribution is -0.254. The highest BCUT2D eigenvalue weighted by molar-refractivity contribution is 7.16. The molecular formula is C17H16NO4S-. The van der Waals surface area contributed by atoms with E-state index in [-0.39, 0.29) is 5.56 Å². The Kier molecular flexibility index (Phi) is 5.54. The van der Waals surface area contributed by atoms with Crippen molar-refractivity contribution in [3.05, 3.63) is 52.4 Å². The molecule has 2 aromatic rings. The normalized spacial score (nSPS) is 10.7. The number of methoxy groups -OCH3 is 1. The number of rotatable bonds is 6. The average molecular weight is 330 g/mol. The second-order valence-corrected chi connectivity index (χ2v) is 5.83. The van der Waals surface area contributed by atoms with Gasteiger partial charge in [0.1, 0.15) is 10.8 Å². The molecule has 0 aliphatic heterocycles. The van der Waals surface area contributed by atoms with Crippen molar-refractivity contribution in [3.63, 3.8) is 0 Å². The van der Waals surface area contributed by atoms with E-state index in [2.05, 4.69) is 5.32 Å². The predicted molar refractivity (Wildman–Crippen MR) is 88.7 cm³/mol. The molecular weight excluding hydrogens is 314 g/mol. The van der Waals surface area contributed by atoms with Crippen molar-refractivity contribution in [1.82, 2.24) is 0 Å². The SMILES string of the molecule is CCc1cc(C(=O)[O-])c(NC(=O)/C=C/c2ccc(OC)cc2)s1. The number of amides is 1. The zero-order valence-electron chi connectivity index (χ0n) is 12.8. The molecule has 1 N–H and O–H groups in total. The second kappa shape index (κ2) is 7.60. The summed E-state index contributed by atoms with van der Waals surface area (Å²) >= 11 is 1.24. The highest BCUT2D eigenvalue weighted by Gasteiger charge is 2.11. The van der Waals surface area contributed by atoms with E-state index in [1.54, 1.807) is 25.3 Å². The van der Waals surface area contributed by atoms with Gasteiger partial charge in [-0.1, -0.05) is 19.1 Å². The molecule has 2 rings (SSSR count). The number of aryl methyl sites for hydroxylation is 1. The summed E-state index contributed by atoms with van der Waals surface area (Å²) in [5, 5.41) is 14.0. The van der Waals surface area contributed by atoms with Crippen LogP contribution in [0.3, 0.4) is 0 Å². The molecule has 1 aromatic heterocycles. The first-order valence-electron chi connectivity index (χ1n) is 7.00. The maximum absolute atomic E-state index is 12.0. The minimum Gasteiger partial charge on any atom is -0.545 e. The molecule has 0 fully saturated rings. The van der Waals surface area contributed by atoms with Gasteiger partial charge >= 0.3 is 0 Å². The molecule has 1 heterocycles. The number of carbonyl (C=O) groups excluding carboxylic acids is 2. The van der Waals surface area contributed by atoms with E-state index in [1.807, 2.05) is 19.1 Å². The molecule has 0 aliphatic carbocycles. The number of hydrogen-bond donors (Lipinski definition) is 1. The zero-order valence-corrected chi connectivity index (χ0v) is 13.6. The number of thiophene rings is 1. The summed E-state index contributed by atoms with van der Waals surface area (Å²) in [5.41, 5.74) is 0.847. The maximum Gasteiger partial charge on any atom is 0.249 e. The molecule has 5 nitrogen and oxygen atoms in total. The lowest BCUT2D eigenvalue weighted by Crippen LogP contribution is -2.23. The van der Waals surface area contributed by atoms with Crippen molar-refractivity contribution in [2.45, 2.75) is 13.3 Å². The van der Waals surface area contributed by atoms with Gasteiger partial charge in [-0.25, -0.2) is 0 Å². The van der Waals surface area contributed by atoms with Crippen molar-refractivity contribution < 1.29 is 19.4 Å². The molecule has 0 radical (unpaired) electrons. The van der Waals surface area contributed by atoms with Gasteiger partial charge in [-0.15, -0.1) is 11.3 Å². The number of ether oxygens (including phenoxy) is 1. The van der Waals surface area contributed by atoms with Crippen molar-refractivity contribution >= 4 is 34.3 Å². The summed E-state index contributed by atoms with van der Waals surface area (Å²) in [6.07, 6.45) is 3.69. The molecule has 1 aromatic carbocycles. The Morgan fingerprint density at radius 2 is 2.00 bits per heavy atom. The van der Waals surface area contributed by atoms with Crippen LogP contribution in [0.2, 0.25) is 0 Å². The van der Waals surface area contributed by atoms with Crippen LogP contribution in [-0.2, 0) is 11.2 Å². The number of hydrogen-bond acceptors (Lipinski definition) is 5. The Balaban J connectivity index is 2.08. The number of nitrogens with one attached hydrogen (secondary N) is 1. The largest absolute Gasteiger partial charge is 0.545 e. The maximum atomic E-state index is 12.0. The molecule has 0 aliphatic rings. The van der Waals surface area contributed by atoms with Crippen LogP contribution in [0.25, 0.3) is 6.08 Å². The molecule has 0 saturated carbocycles. The Labute approximate surface area is 138 Å². The predicted octanol–water partition coefficient (Wildman–Crippen LogP) is 2.33. The van der Waals surface area contributed by atoms with Gasteiger partial charge in [0, 0.05) is 16.5 Å². The smallest absolute Gasteiger partial charge is 0.249 e. The van der Waals surface area contributed by atoms with Crippen LogP contribution in [0.5, 0.6) is 5.75 Å². The van der Waals surface area contributed by atoms with Gasteiger partial charge in [0.15, 0.2) is 0 Å². The van der Waals surface area contributed by atoms with E-state index >= 15 is 0 Å². The number of anilines is 1. The number of carboxylic acid groups (broad SMARTS) is 1. The Bertz CT molecular complexity index is 732. The summed E-state index contributed by atoms with van der Waals surface area (Å²) in [7, 11) is 1.58. The third-order valence-electron chi connectivity index (χ3n) is 3.13. The molecule has 120 valence electrons. The molecule has 1 amide bonds. The van der Waals surface area contributed by atoms with Crippen molar-refractivity contribution in [2.75, 3.05) is 12.4 Å². The van der Waals surface area contributed by atoms with Crippen LogP contribution >= 0.6 is 11.3 Å². The fourth-order valence-electron chi connectivity index (χ4n) is 1.90. The second-order valence-electron chi connectivity index (χ2n) is 4.69. The summed E-state index contributed by atoms with van der Waals surface area (Å²) in [6.45, 7) is 1.92. The van der Waals surface area contributed by atoms with E-state index in [0.29, 0.717) is 11.4 Å². The number of aromatic carboxylic acids is 1. The highest BCUT2D eigenvalue weighted by atomic mass is 32.1. The van der Waals surface area contributed by atoms with Gasteiger partial charge in [-0.05, 0) is 36.3 Å². The van der Waals surface area contributed by atoms with Gasteiger partial charge in [-0.3, -0.25) is 4.79 Å². The summed E-state index contributed by atoms with van der Waals surface area (Å²) < 4.78 is 5.06. The summed E-state index contributed by atoms with van der Waals surface area (Å²) in [6, 6.07) is 8.74. The highest BCUT2D eigenvalue weighted by Crippen LogP contribution is 2.28. The van der Waals surface area contributed by atoms with Gasteiger partial charge in [0.2, 0.25) is 5.91 Å². The topological polar surface area (TPSA) is 78.5 Å². The molecule has 0 saturated heterocycles. The Morgan fingerprint density at radius 3 is 2.57 bits per heavy atom. The van der Waals surface area contributed by atoms with Gasteiger partial charge in [-0.2, -0.15) is 0 Å². The summed E-state index contributed by atoms with van der Waals surface area (Å²) in [5.74, 6) is -0.959. The molecule has 0 bridgehead atoms. The first-order chi connectivity index (χ1) is 11.0. The Morgan fingerprint density at radius 1 is 1.30 bits per heavy atom. The minimum absolute atomic E-state index is 0.0121. The fourth-order valence-corrected chi connectivity index (χ4v) is 2.89. The van der Waals surface area contributed by atoms with Crippen molar-refractivity contribution in [1.29, 1.82) is 0 Å². The summed E-state index contributed by atoms with van der Waals surface area (Å²) in [4.78, 5) is 23.9. The van der Waals surface area contributed by atoms with Gasteiger partial charge in [0.25, 0.3) is 0 Å². The van der Waals surface area contributed by atoms with Gasteiger partial charge in [0.05, 0.1) is 13.1 Å². The minimum atomic E-state index is -1.30. The van der Waals surface area contributed by atoms with Gasteiger partial charge < -0.3 is 20.0 Å². The van der Waals surface area contributed by atoms with Crippen LogP contribution in [-0.4, -0.2) is 19.0 Å². The lowest BCUT2D eigenvalue weighted by atomic mass is 10.2. The van der Waals surface area contributed by atoms with Crippen molar-refractivity contribution in [2.24, 2.45) is 0 Å². The third-order valence-corrected chi connectivity index (χ3v) is 4.33. The monoisotopic (exact) mass is 330 g/mol. The fraction of sp³-hybridized carbons (Fsp3) is 0.176. The Hall–Kier alpha value is -2.60. The number of carbonyl (C=O) groups is 2. The molecule has 0 spiro atoms. The molecule has 0 atom stereocenters. The number of carboxylic acids is 1. The molecule has 0 unspecified atom stereocenters. The van der Waals surface area contributed by atoms with E-state index in [9.17, 15) is 14.7 Å². The zero-order chi connectivity index (χ0) is 16.8. The molecule has 23 heavy (non-hydrogen) atoms. The first kappa shape index (κ1) is 16.8. The van der Waals surface area contributed by atoms with E-state index in [1.165, 1.54) is 23.5 Å². The standard InChI is InChI=1S/C17H17NO4S/c1-3-13-10-14(17(20)21)16(23-13)18-15(19)9-6-11-4-7-12(22-2)8-5-11/h4-10H,3H2,1-2H3,(H,18,19)(H,20,21)/p-1/b9-6+. The average Bonchev–Trinajstić information content (AvgIpc) is 2.96. The number of benzene rings is 1. The van der Waals surface area contributed by atoms with E-state index in [0.717, 1.165) is 16.2 Å². The van der Waals surface area contributed by atoms with E-state index in [4.69, 9.17) is 4.74 Å². The van der Waals surface area contributed by atoms with E-state index < -0.39 is 11.9 Å². The lowest BCUT2D eigenvalue weighted by Gasteiger charge is -2.04. The van der Waals surface area contributed by atoms with Crippen molar-refractivity contribution in [3.8, 4) is 5.75 Å². The third kappa shape index (κ3) is 4.43. The quantitative estimate of drug-likeness (QED) is 0.825. The van der Waals surface area contributed by atoms with Crippen LogP contribution in [0.1, 0.15) is 27.7 Å². The van der Waals surface area contributed by atoms with Crippen LogP contribution in [0, 0.1) is 0 Å². The first-order valence-corrected chi connectivity index (χ1v) is 7.82. The molecule has 6 heteroatoms.